The monoisotopic (exact) mass is 1470 g/mol. The van der Waals surface area contributed by atoms with Crippen LogP contribution < -0.4 is 20.1 Å². The van der Waals surface area contributed by atoms with Crippen LogP contribution in [0.4, 0.5) is 0 Å². The second kappa shape index (κ2) is 46.0. The minimum atomic E-state index is -1.17. The van der Waals surface area contributed by atoms with Gasteiger partial charge in [-0.1, -0.05) is 122 Å². The molecule has 0 bridgehead atoms. The number of benzene rings is 3. The van der Waals surface area contributed by atoms with Gasteiger partial charge in [0.1, 0.15) is 42.2 Å². The molecular weight excluding hydrogens is 1350 g/mol. The Bertz CT molecular complexity index is 3100. The van der Waals surface area contributed by atoms with Gasteiger partial charge in [-0.3, -0.25) is 43.2 Å². The van der Waals surface area contributed by atoms with Crippen LogP contribution in [-0.2, 0) is 86.6 Å². The van der Waals surface area contributed by atoms with Gasteiger partial charge in [0, 0.05) is 90.4 Å². The van der Waals surface area contributed by atoms with E-state index in [-0.39, 0.29) is 148 Å². The Morgan fingerprint density at radius 1 is 0.524 bits per heavy atom. The highest BCUT2D eigenvalue weighted by molar-refractivity contribution is 5.89. The van der Waals surface area contributed by atoms with Crippen molar-refractivity contribution in [3.05, 3.63) is 95.6 Å². The van der Waals surface area contributed by atoms with Crippen molar-refractivity contribution in [3.63, 3.8) is 0 Å². The molecule has 0 aromatic heterocycles. The van der Waals surface area contributed by atoms with E-state index in [1.165, 1.54) is 13.8 Å². The summed E-state index contributed by atoms with van der Waals surface area (Å²) in [4.78, 5) is 116. The molecule has 0 aliphatic carbocycles. The Kier molecular flexibility index (Phi) is 38.0. The Hall–Kier alpha value is -7.31. The van der Waals surface area contributed by atoms with Gasteiger partial charge in [-0.25, -0.2) is 0 Å². The van der Waals surface area contributed by atoms with Crippen LogP contribution in [0.3, 0.4) is 0 Å². The van der Waals surface area contributed by atoms with E-state index >= 15 is 0 Å². The van der Waals surface area contributed by atoms with Crippen molar-refractivity contribution in [2.45, 2.75) is 258 Å². The Morgan fingerprint density at radius 2 is 1.01 bits per heavy atom. The van der Waals surface area contributed by atoms with Crippen molar-refractivity contribution in [1.29, 1.82) is 0 Å². The molecule has 23 heteroatoms. The lowest BCUT2D eigenvalue weighted by atomic mass is 9.79. The topological polar surface area (TPSA) is 293 Å². The zero-order valence-corrected chi connectivity index (χ0v) is 64.1. The summed E-state index contributed by atoms with van der Waals surface area (Å²) < 4.78 is 59.3. The quantitative estimate of drug-likeness (QED) is 0.0205. The molecule has 3 amide bonds. The number of carbonyl (C=O) groups excluding carboxylic acids is 8. The smallest absolute Gasteiger partial charge is 0.306 e. The summed E-state index contributed by atoms with van der Waals surface area (Å²) >= 11 is 0. The summed E-state index contributed by atoms with van der Waals surface area (Å²) in [6, 6.07) is 23.9. The molecular formula is C82H121N3O20. The van der Waals surface area contributed by atoms with Crippen LogP contribution in [0, 0.1) is 35.5 Å². The van der Waals surface area contributed by atoms with Gasteiger partial charge in [0.05, 0.1) is 64.5 Å². The summed E-state index contributed by atoms with van der Waals surface area (Å²) in [5.41, 5.74) is 1.30. The first-order chi connectivity index (χ1) is 50.4. The van der Waals surface area contributed by atoms with Gasteiger partial charge in [0.2, 0.25) is 17.7 Å². The predicted octanol–water partition coefficient (Wildman–Crippen LogP) is 12.7. The number of nitrogens with one attached hydrogen (secondary N) is 2. The third kappa shape index (κ3) is 28.7. The number of unbranched alkanes of at least 4 members (excludes halogenated alkanes) is 9. The van der Waals surface area contributed by atoms with Crippen LogP contribution in [0.15, 0.2) is 78.9 Å². The van der Waals surface area contributed by atoms with E-state index in [1.54, 1.807) is 19.1 Å². The number of ether oxygens (including phenoxy) is 10. The standard InChI is InChI=1S/C82H121N3O20/c1-55-57(3)73(53-100-61(7)86)104-80(59(55)5)98-48-26-23-34-75(90)83-47-25-22-32-71(84-76(91)35-24-27-49-99-81-60(6)56(2)58(4)74(105-81)54-101-62(8)87)72(89)33-20-13-11-18-30-67(88)31-19-12-14-21-36-77(92)85-51-70(103-79(95)46-45-78(93)94)50-66(85)52-102-82(63-28-16-15-17-29-63,64-37-41-68(96-9)42-38-64)65-39-43-69(97-10)44-40-65/h15-17,28-29,37-44,55-60,66,70-71,73-74,80-81H,11-14,18-27,30-36,45-54H2,1-10H3,(H,83,90)(H,84,91)(H,93,94)/t55?,56?,57?,58?,59?,60?,66-,70+,71-,73?,74?,80?,81?/m0/s1. The second-order valence-electron chi connectivity index (χ2n) is 29.1. The van der Waals surface area contributed by atoms with Crippen LogP contribution in [0.1, 0.15) is 226 Å². The summed E-state index contributed by atoms with van der Waals surface area (Å²) in [6.45, 7) is 17.2. The van der Waals surface area contributed by atoms with E-state index < -0.39 is 48.3 Å². The largest absolute Gasteiger partial charge is 0.497 e. The van der Waals surface area contributed by atoms with Gasteiger partial charge in [-0.05, 0) is 135 Å². The van der Waals surface area contributed by atoms with Gasteiger partial charge in [0.25, 0.3) is 0 Å². The number of hydrogen-bond donors (Lipinski definition) is 3. The number of carboxylic acids is 1. The van der Waals surface area contributed by atoms with Crippen LogP contribution >= 0.6 is 0 Å². The molecule has 3 aromatic rings. The number of ketones is 2. The summed E-state index contributed by atoms with van der Waals surface area (Å²) in [7, 11) is 3.21. The molecule has 3 aromatic carbocycles. The Balaban J connectivity index is 0.927. The molecule has 6 rings (SSSR count). The zero-order chi connectivity index (χ0) is 76.3. The lowest BCUT2D eigenvalue weighted by Crippen LogP contribution is -2.47. The molecule has 3 aliphatic rings. The molecule has 3 heterocycles. The molecule has 3 fully saturated rings. The van der Waals surface area contributed by atoms with Gasteiger partial charge in [-0.15, -0.1) is 0 Å². The van der Waals surface area contributed by atoms with Crippen LogP contribution in [0.5, 0.6) is 11.5 Å². The van der Waals surface area contributed by atoms with Crippen molar-refractivity contribution in [2.24, 2.45) is 35.5 Å². The molecule has 10 unspecified atom stereocenters. The molecule has 105 heavy (non-hydrogen) atoms. The first-order valence-electron chi connectivity index (χ1n) is 38.5. The lowest BCUT2D eigenvalue weighted by Gasteiger charge is -2.43. The fourth-order valence-electron chi connectivity index (χ4n) is 14.2. The number of methoxy groups -OCH3 is 2. The zero-order valence-electron chi connectivity index (χ0n) is 64.1. The van der Waals surface area contributed by atoms with Crippen molar-refractivity contribution in [3.8, 4) is 11.5 Å². The van der Waals surface area contributed by atoms with E-state index in [9.17, 15) is 48.3 Å². The van der Waals surface area contributed by atoms with Gasteiger partial charge >= 0.3 is 23.9 Å². The number of nitrogens with zero attached hydrogens (tertiary/aromatic N) is 1. The highest BCUT2D eigenvalue weighted by Gasteiger charge is 2.44. The lowest BCUT2D eigenvalue weighted by molar-refractivity contribution is -0.255. The van der Waals surface area contributed by atoms with E-state index in [0.717, 1.165) is 42.4 Å². The fourth-order valence-corrected chi connectivity index (χ4v) is 14.2. The fraction of sp³-hybridized carbons (Fsp3) is 0.671. The highest BCUT2D eigenvalue weighted by atomic mass is 16.7. The number of carboxylic acid groups (broad SMARTS) is 1. The van der Waals surface area contributed by atoms with Crippen LogP contribution in [0.2, 0.25) is 0 Å². The number of amides is 3. The van der Waals surface area contributed by atoms with E-state index in [1.807, 2.05) is 78.9 Å². The summed E-state index contributed by atoms with van der Waals surface area (Å²) in [5.74, 6) is -0.231. The van der Waals surface area contributed by atoms with Gasteiger partial charge < -0.3 is 68.0 Å². The molecule has 23 nitrogen and oxygen atoms in total. The number of aliphatic carboxylic acids is 1. The summed E-state index contributed by atoms with van der Waals surface area (Å²) in [6.07, 6.45) is 9.11. The van der Waals surface area contributed by atoms with E-state index in [4.69, 9.17) is 47.4 Å². The third-order valence-electron chi connectivity index (χ3n) is 21.4. The Morgan fingerprint density at radius 3 is 1.51 bits per heavy atom. The summed E-state index contributed by atoms with van der Waals surface area (Å²) in [5, 5.41) is 15.3. The Labute approximate surface area is 622 Å². The maximum absolute atomic E-state index is 14.3. The number of likely N-dealkylation sites (tertiary alicyclic amines) is 1. The van der Waals surface area contributed by atoms with E-state index in [0.29, 0.717) is 127 Å². The molecule has 13 atom stereocenters. The average molecular weight is 1470 g/mol. The van der Waals surface area contributed by atoms with Gasteiger partial charge in [-0.2, -0.15) is 0 Å². The minimum Gasteiger partial charge on any atom is -0.497 e. The number of Topliss-reactive ketones (excluding diaryl/α,β-unsaturated/α-hetero) is 2. The van der Waals surface area contributed by atoms with E-state index in [2.05, 4.69) is 52.2 Å². The number of esters is 3. The number of rotatable bonds is 49. The number of carbonyl (C=O) groups is 9. The average Bonchev–Trinajstić information content (AvgIpc) is 1.20. The maximum atomic E-state index is 14.3. The van der Waals surface area contributed by atoms with Crippen molar-refractivity contribution in [1.82, 2.24) is 15.5 Å². The molecule has 3 aliphatic heterocycles. The van der Waals surface area contributed by atoms with Gasteiger partial charge in [0.15, 0.2) is 18.4 Å². The molecule has 584 valence electrons. The molecule has 0 radical (unpaired) electrons. The van der Waals surface area contributed by atoms with Crippen molar-refractivity contribution < 1.29 is 95.6 Å². The second-order valence-corrected chi connectivity index (χ2v) is 29.1. The first kappa shape index (κ1) is 86.6. The minimum absolute atomic E-state index is 0.0481. The third-order valence-corrected chi connectivity index (χ3v) is 21.4. The molecule has 3 saturated heterocycles. The maximum Gasteiger partial charge on any atom is 0.306 e. The highest BCUT2D eigenvalue weighted by Crippen LogP contribution is 2.43. The normalized spacial score (nSPS) is 22.6. The predicted molar refractivity (Wildman–Crippen MR) is 395 cm³/mol. The van der Waals surface area contributed by atoms with Crippen molar-refractivity contribution >= 4 is 53.2 Å². The van der Waals surface area contributed by atoms with Crippen LogP contribution in [-0.4, -0.2) is 166 Å². The SMILES string of the molecule is COc1ccc(C(OC[C@@H]2C[C@@H](OC(=O)CCC(=O)O)CN2C(=O)CCCCCCC(=O)CCCCCCC(=O)[C@H](CCCCNC(=O)CCCCOC2OC(COC(C)=O)C(C)C(C)C2C)NC(=O)CCCCOC2OC(COC(C)=O)C(C)C(C)C2C)(c2ccccc2)c2ccc(OC)cc2)cc1. The first-order valence-corrected chi connectivity index (χ1v) is 38.5. The van der Waals surface area contributed by atoms with Crippen molar-refractivity contribution in [2.75, 3.05) is 60.3 Å². The molecule has 3 N–H and O–H groups in total. The molecule has 0 spiro atoms. The molecule has 0 saturated carbocycles. The van der Waals surface area contributed by atoms with Crippen LogP contribution in [0.25, 0.3) is 0 Å². The number of hydrogen-bond acceptors (Lipinski definition) is 19.